The van der Waals surface area contributed by atoms with E-state index in [9.17, 15) is 0 Å². The first kappa shape index (κ1) is 27.9. The molecule has 2 heterocycles. The van der Waals surface area contributed by atoms with Crippen LogP contribution in [-0.2, 0) is 51.1 Å². The molecule has 4 rings (SSSR count). The molecule has 0 radical (unpaired) electrons. The van der Waals surface area contributed by atoms with Crippen LogP contribution in [0.3, 0.4) is 0 Å². The third kappa shape index (κ3) is 6.30. The minimum Gasteiger partial charge on any atom is -0.374 e. The van der Waals surface area contributed by atoms with Gasteiger partial charge < -0.3 is 37.9 Å². The van der Waals surface area contributed by atoms with Crippen LogP contribution in [0.2, 0.25) is 0 Å². The van der Waals surface area contributed by atoms with Crippen LogP contribution in [0.15, 0.2) is 73.3 Å². The molecule has 8 heteroatoms. The predicted molar refractivity (Wildman–Crippen MR) is 137 cm³/mol. The Balaban J connectivity index is 1.59. The van der Waals surface area contributed by atoms with E-state index in [-0.39, 0.29) is 13.2 Å². The lowest BCUT2D eigenvalue weighted by atomic mass is 9.93. The second kappa shape index (κ2) is 12.6. The molecule has 0 bridgehead atoms. The van der Waals surface area contributed by atoms with E-state index in [4.69, 9.17) is 37.9 Å². The Morgan fingerprint density at radius 2 is 1.38 bits per heavy atom. The molecule has 0 amide bonds. The zero-order chi connectivity index (χ0) is 26.3. The maximum atomic E-state index is 6.60. The highest BCUT2D eigenvalue weighted by atomic mass is 16.8. The van der Waals surface area contributed by atoms with Crippen LogP contribution in [-0.4, -0.2) is 69.7 Å². The summed E-state index contributed by atoms with van der Waals surface area (Å²) >= 11 is 0. The highest BCUT2D eigenvalue weighted by molar-refractivity contribution is 5.14. The number of hydrogen-bond acceptors (Lipinski definition) is 8. The first-order valence-electron chi connectivity index (χ1n) is 12.5. The van der Waals surface area contributed by atoms with E-state index < -0.39 is 42.3 Å². The van der Waals surface area contributed by atoms with Gasteiger partial charge in [0.2, 0.25) is 11.6 Å². The lowest BCUT2D eigenvalue weighted by molar-refractivity contribution is -0.481. The Morgan fingerprint density at radius 3 is 1.95 bits per heavy atom. The maximum Gasteiger partial charge on any atom is 0.220 e. The first-order chi connectivity index (χ1) is 17.9. The molecule has 2 aromatic rings. The third-order valence-electron chi connectivity index (χ3n) is 6.97. The van der Waals surface area contributed by atoms with Gasteiger partial charge in [-0.3, -0.25) is 0 Å². The summed E-state index contributed by atoms with van der Waals surface area (Å²) in [4.78, 5) is 0. The molecular weight excluding hydrogens is 476 g/mol. The lowest BCUT2D eigenvalue weighted by Gasteiger charge is -2.57. The molecule has 0 spiro atoms. The Hall–Kier alpha value is -2.14. The number of methoxy groups -OCH3 is 2. The van der Waals surface area contributed by atoms with Crippen LogP contribution in [0.5, 0.6) is 0 Å². The van der Waals surface area contributed by atoms with Gasteiger partial charge in [-0.2, -0.15) is 0 Å². The van der Waals surface area contributed by atoms with Crippen molar-refractivity contribution in [1.82, 2.24) is 0 Å². The summed E-state index contributed by atoms with van der Waals surface area (Å²) in [5.41, 5.74) is 2.08. The van der Waals surface area contributed by atoms with Crippen molar-refractivity contribution >= 4 is 0 Å². The van der Waals surface area contributed by atoms with Gasteiger partial charge in [0.15, 0.2) is 6.29 Å². The standard InChI is InChI=1S/C29H38O8/c1-6-17-33-27-26(34-19-22-15-11-8-12-16-22)25-24(36-28(2,30-4)29(3,31-5)37-25)23(35-27)20-32-18-21-13-9-7-10-14-21/h6-16,23-27H,1,17-20H2,2-5H3/t23-,24-,25+,26+,27+,28+,29+/m1/s1. The largest absolute Gasteiger partial charge is 0.374 e. The third-order valence-corrected chi connectivity index (χ3v) is 6.97. The molecule has 0 aliphatic carbocycles. The Kier molecular flexibility index (Phi) is 9.50. The molecule has 2 saturated heterocycles. The quantitative estimate of drug-likeness (QED) is 0.390. The summed E-state index contributed by atoms with van der Waals surface area (Å²) in [6.07, 6.45) is -1.38. The summed E-state index contributed by atoms with van der Waals surface area (Å²) in [5.74, 6) is -2.42. The SMILES string of the molecule is C=CCO[C@H]1O[C@H](COCc2ccccc2)[C@H]2O[C@](C)(OC)[C@@](C)(OC)O[C@@H]2[C@@H]1OCc1ccccc1. The molecule has 0 unspecified atom stereocenters. The molecule has 37 heavy (non-hydrogen) atoms. The average molecular weight is 515 g/mol. The molecule has 2 fully saturated rings. The van der Waals surface area contributed by atoms with E-state index in [1.165, 1.54) is 0 Å². The highest BCUT2D eigenvalue weighted by Gasteiger charge is 2.63. The summed E-state index contributed by atoms with van der Waals surface area (Å²) in [7, 11) is 3.12. The van der Waals surface area contributed by atoms with Gasteiger partial charge in [-0.05, 0) is 25.0 Å². The molecule has 0 saturated carbocycles. The molecule has 2 aliphatic heterocycles. The molecular formula is C29H38O8. The van der Waals surface area contributed by atoms with Crippen LogP contribution in [0.4, 0.5) is 0 Å². The van der Waals surface area contributed by atoms with Gasteiger partial charge >= 0.3 is 0 Å². The van der Waals surface area contributed by atoms with Crippen molar-refractivity contribution in [2.45, 2.75) is 69.3 Å². The Bertz CT molecular complexity index is 972. The predicted octanol–water partition coefficient (Wildman–Crippen LogP) is 4.23. The maximum absolute atomic E-state index is 6.60. The van der Waals surface area contributed by atoms with E-state index in [1.54, 1.807) is 34.1 Å². The van der Waals surface area contributed by atoms with Crippen LogP contribution < -0.4 is 0 Å². The zero-order valence-electron chi connectivity index (χ0n) is 22.0. The van der Waals surface area contributed by atoms with Crippen LogP contribution in [0, 0.1) is 0 Å². The summed E-state index contributed by atoms with van der Waals surface area (Å²) in [6, 6.07) is 19.9. The van der Waals surface area contributed by atoms with Crippen molar-refractivity contribution in [1.29, 1.82) is 0 Å². The van der Waals surface area contributed by atoms with Crippen molar-refractivity contribution in [3.63, 3.8) is 0 Å². The summed E-state index contributed by atoms with van der Waals surface area (Å²) < 4.78 is 49.6. The second-order valence-corrected chi connectivity index (χ2v) is 9.39. The monoisotopic (exact) mass is 514 g/mol. The van der Waals surface area contributed by atoms with Gasteiger partial charge in [0.25, 0.3) is 0 Å². The van der Waals surface area contributed by atoms with Crippen molar-refractivity contribution < 1.29 is 37.9 Å². The molecule has 0 aromatic heterocycles. The highest BCUT2D eigenvalue weighted by Crippen LogP contribution is 2.44. The van der Waals surface area contributed by atoms with Crippen LogP contribution in [0.25, 0.3) is 0 Å². The van der Waals surface area contributed by atoms with Gasteiger partial charge in [0.05, 0.1) is 26.4 Å². The van der Waals surface area contributed by atoms with E-state index in [2.05, 4.69) is 6.58 Å². The van der Waals surface area contributed by atoms with Gasteiger partial charge in [0, 0.05) is 14.2 Å². The number of ether oxygens (including phenoxy) is 8. The Labute approximate surface area is 219 Å². The smallest absolute Gasteiger partial charge is 0.220 e. The number of rotatable bonds is 12. The molecule has 2 aliphatic rings. The fourth-order valence-electron chi connectivity index (χ4n) is 4.60. The van der Waals surface area contributed by atoms with Gasteiger partial charge in [-0.25, -0.2) is 0 Å². The van der Waals surface area contributed by atoms with Gasteiger partial charge in [0.1, 0.15) is 24.4 Å². The van der Waals surface area contributed by atoms with Crippen molar-refractivity contribution in [3.05, 3.63) is 84.4 Å². The zero-order valence-corrected chi connectivity index (χ0v) is 22.0. The summed E-state index contributed by atoms with van der Waals surface area (Å²) in [5, 5.41) is 0. The topological polar surface area (TPSA) is 73.8 Å². The molecule has 2 aromatic carbocycles. The normalized spacial score (nSPS) is 33.6. The van der Waals surface area contributed by atoms with Gasteiger partial charge in [-0.1, -0.05) is 66.7 Å². The average Bonchev–Trinajstić information content (AvgIpc) is 2.93. The minimum absolute atomic E-state index is 0.252. The van der Waals surface area contributed by atoms with E-state index >= 15 is 0 Å². The van der Waals surface area contributed by atoms with Crippen molar-refractivity contribution in [2.24, 2.45) is 0 Å². The fourth-order valence-corrected chi connectivity index (χ4v) is 4.60. The molecule has 7 atom stereocenters. The summed E-state index contributed by atoms with van der Waals surface area (Å²) in [6.45, 7) is 8.66. The second-order valence-electron chi connectivity index (χ2n) is 9.39. The molecule has 8 nitrogen and oxygen atoms in total. The molecule has 202 valence electrons. The van der Waals surface area contributed by atoms with Gasteiger partial charge in [-0.15, -0.1) is 6.58 Å². The van der Waals surface area contributed by atoms with Crippen LogP contribution >= 0.6 is 0 Å². The van der Waals surface area contributed by atoms with E-state index in [0.717, 1.165) is 11.1 Å². The number of hydrogen-bond donors (Lipinski definition) is 0. The van der Waals surface area contributed by atoms with E-state index in [0.29, 0.717) is 13.2 Å². The lowest BCUT2D eigenvalue weighted by Crippen LogP contribution is -2.73. The number of benzene rings is 2. The fraction of sp³-hybridized carbons (Fsp3) is 0.517. The Morgan fingerprint density at radius 1 is 0.811 bits per heavy atom. The van der Waals surface area contributed by atoms with Crippen molar-refractivity contribution in [3.8, 4) is 0 Å². The number of fused-ring (bicyclic) bond motifs is 1. The minimum atomic E-state index is -1.22. The first-order valence-corrected chi connectivity index (χ1v) is 12.5. The van der Waals surface area contributed by atoms with Crippen LogP contribution in [0.1, 0.15) is 25.0 Å². The van der Waals surface area contributed by atoms with E-state index in [1.807, 2.05) is 60.7 Å². The van der Waals surface area contributed by atoms with Crippen molar-refractivity contribution in [2.75, 3.05) is 27.4 Å². The molecule has 0 N–H and O–H groups in total.